The zero-order valence-corrected chi connectivity index (χ0v) is 20.5. The summed E-state index contributed by atoms with van der Waals surface area (Å²) in [6.45, 7) is -0.519. The Morgan fingerprint density at radius 3 is 2.25 bits per heavy atom. The second-order valence-electron chi connectivity index (χ2n) is 8.82. The van der Waals surface area contributed by atoms with E-state index in [-0.39, 0.29) is 45.2 Å². The van der Waals surface area contributed by atoms with Gasteiger partial charge in [0.25, 0.3) is 0 Å². The van der Waals surface area contributed by atoms with Gasteiger partial charge in [-0.25, -0.2) is 9.97 Å². The topological polar surface area (TPSA) is 66.3 Å². The summed E-state index contributed by atoms with van der Waals surface area (Å²) in [6.07, 6.45) is -11.3. The molecule has 1 saturated carbocycles. The summed E-state index contributed by atoms with van der Waals surface area (Å²) in [5.74, 6) is -1.02. The summed E-state index contributed by atoms with van der Waals surface area (Å²) >= 11 is 17.7. The number of hydrogen-bond donors (Lipinski definition) is 1. The third kappa shape index (κ3) is 4.87. The minimum Gasteiger partial charge on any atom is -0.372 e. The number of halogens is 9. The Hall–Kier alpha value is -1.82. The van der Waals surface area contributed by atoms with Gasteiger partial charge in [-0.2, -0.15) is 26.3 Å². The van der Waals surface area contributed by atoms with Gasteiger partial charge in [-0.05, 0) is 43.4 Å². The lowest BCUT2D eigenvalue weighted by atomic mass is 9.77. The van der Waals surface area contributed by atoms with Crippen LogP contribution in [0.25, 0.3) is 0 Å². The molecule has 2 unspecified atom stereocenters. The van der Waals surface area contributed by atoms with Crippen molar-refractivity contribution in [2.24, 2.45) is 5.92 Å². The van der Waals surface area contributed by atoms with Gasteiger partial charge in [-0.3, -0.25) is 4.79 Å². The lowest BCUT2D eigenvalue weighted by Crippen LogP contribution is -2.52. The lowest BCUT2D eigenvalue weighted by Gasteiger charge is -2.37. The van der Waals surface area contributed by atoms with Gasteiger partial charge < -0.3 is 10.0 Å². The van der Waals surface area contributed by atoms with E-state index in [1.165, 1.54) is 0 Å². The molecule has 1 saturated heterocycles. The Kier molecular flexibility index (Phi) is 7.17. The fourth-order valence-electron chi connectivity index (χ4n) is 4.41. The van der Waals surface area contributed by atoms with Gasteiger partial charge >= 0.3 is 12.4 Å². The highest BCUT2D eigenvalue weighted by molar-refractivity contribution is 6.48. The molecule has 0 spiro atoms. The fraction of sp³-hybridized carbons (Fsp3) is 0.500. The Morgan fingerprint density at radius 1 is 1.11 bits per heavy atom. The molecule has 1 aliphatic heterocycles. The molecule has 0 bridgehead atoms. The first-order valence-corrected chi connectivity index (χ1v) is 11.9. The minimum atomic E-state index is -5.06. The molecule has 2 heterocycles. The molecule has 1 N–H and O–H groups in total. The van der Waals surface area contributed by atoms with E-state index in [1.54, 1.807) is 0 Å². The first-order valence-electron chi connectivity index (χ1n) is 10.8. The van der Waals surface area contributed by atoms with E-state index in [0.29, 0.717) is 17.7 Å². The SMILES string of the molecule is O=C(CCc1cnc(N2CCC(c3cc(Cl)c(Cl)c(Cl)c3)(C(F)(F)F)C2O)nc1C(F)(F)F)C1CC1. The number of carbonyl (C=O) groups is 1. The highest BCUT2D eigenvalue weighted by Crippen LogP contribution is 2.53. The molecule has 1 aliphatic carbocycles. The Morgan fingerprint density at radius 2 is 1.72 bits per heavy atom. The van der Waals surface area contributed by atoms with Gasteiger partial charge in [0.1, 0.15) is 17.4 Å². The number of aromatic nitrogens is 2. The van der Waals surface area contributed by atoms with Crippen LogP contribution >= 0.6 is 34.8 Å². The van der Waals surface area contributed by atoms with Crippen LogP contribution in [0.2, 0.25) is 15.1 Å². The molecule has 4 rings (SSSR count). The van der Waals surface area contributed by atoms with E-state index in [2.05, 4.69) is 9.97 Å². The third-order valence-electron chi connectivity index (χ3n) is 6.54. The molecule has 5 nitrogen and oxygen atoms in total. The average Bonchev–Trinajstić information content (AvgIpc) is 3.57. The standard InChI is InChI=1S/C22H18Cl3F6N3O2/c23-13-7-12(8-14(24)16(13)25)20(22(29,30)31)5-6-34(18(20)36)19-32-9-11(17(33-19)21(26,27)28)3-4-15(35)10-1-2-10/h7-10,18,36H,1-6H2. The van der Waals surface area contributed by atoms with Crippen molar-refractivity contribution in [2.75, 3.05) is 11.4 Å². The molecule has 36 heavy (non-hydrogen) atoms. The van der Waals surface area contributed by atoms with Crippen LogP contribution in [-0.2, 0) is 22.8 Å². The predicted molar refractivity (Wildman–Crippen MR) is 120 cm³/mol. The zero-order chi connectivity index (χ0) is 26.6. The highest BCUT2D eigenvalue weighted by atomic mass is 35.5. The number of aryl methyl sites for hydroxylation is 1. The number of benzene rings is 1. The van der Waals surface area contributed by atoms with Gasteiger partial charge in [0.05, 0.1) is 15.1 Å². The molecule has 1 aromatic heterocycles. The number of nitrogens with zero attached hydrogens (tertiary/aromatic N) is 3. The second-order valence-corrected chi connectivity index (χ2v) is 10.0. The second kappa shape index (κ2) is 9.49. The van der Waals surface area contributed by atoms with E-state index < -0.39 is 54.2 Å². The van der Waals surface area contributed by atoms with Crippen molar-refractivity contribution in [3.8, 4) is 0 Å². The van der Waals surface area contributed by atoms with Crippen molar-refractivity contribution >= 4 is 46.5 Å². The number of aliphatic hydroxyl groups excluding tert-OH is 1. The third-order valence-corrected chi connectivity index (χ3v) is 7.74. The number of carbonyl (C=O) groups excluding carboxylic acids is 1. The zero-order valence-electron chi connectivity index (χ0n) is 18.2. The van der Waals surface area contributed by atoms with Crippen molar-refractivity contribution in [3.05, 3.63) is 50.2 Å². The van der Waals surface area contributed by atoms with Crippen molar-refractivity contribution in [2.45, 2.75) is 56.1 Å². The van der Waals surface area contributed by atoms with Crippen LogP contribution in [0, 0.1) is 5.92 Å². The van der Waals surface area contributed by atoms with E-state index in [4.69, 9.17) is 34.8 Å². The molecule has 2 aliphatic rings. The van der Waals surface area contributed by atoms with E-state index in [0.717, 1.165) is 18.3 Å². The first-order chi connectivity index (χ1) is 16.7. The Labute approximate surface area is 216 Å². The van der Waals surface area contributed by atoms with E-state index in [1.807, 2.05) is 0 Å². The normalized spacial score (nSPS) is 22.8. The number of aliphatic hydroxyl groups is 1. The average molecular weight is 577 g/mol. The molecule has 2 atom stereocenters. The summed E-state index contributed by atoms with van der Waals surface area (Å²) in [4.78, 5) is 19.9. The number of ketones is 1. The van der Waals surface area contributed by atoms with Gasteiger partial charge in [0.2, 0.25) is 5.95 Å². The van der Waals surface area contributed by atoms with Gasteiger partial charge in [0.15, 0.2) is 5.69 Å². The molecule has 0 radical (unpaired) electrons. The maximum Gasteiger partial charge on any atom is 0.433 e. The smallest absolute Gasteiger partial charge is 0.372 e. The van der Waals surface area contributed by atoms with Crippen molar-refractivity contribution in [1.82, 2.24) is 9.97 Å². The molecule has 196 valence electrons. The first kappa shape index (κ1) is 27.2. The summed E-state index contributed by atoms with van der Waals surface area (Å²) in [5.41, 5.74) is -5.18. The van der Waals surface area contributed by atoms with Crippen LogP contribution in [0.1, 0.15) is 42.5 Å². The maximum atomic E-state index is 14.4. The lowest BCUT2D eigenvalue weighted by molar-refractivity contribution is -0.210. The van der Waals surface area contributed by atoms with Crippen LogP contribution in [0.3, 0.4) is 0 Å². The highest BCUT2D eigenvalue weighted by Gasteiger charge is 2.65. The van der Waals surface area contributed by atoms with Crippen molar-refractivity contribution in [1.29, 1.82) is 0 Å². The molecular formula is C22H18Cl3F6N3O2. The molecule has 2 fully saturated rings. The fourth-order valence-corrected chi connectivity index (χ4v) is 5.01. The maximum absolute atomic E-state index is 14.4. The number of hydrogen-bond acceptors (Lipinski definition) is 5. The van der Waals surface area contributed by atoms with Crippen molar-refractivity contribution < 1.29 is 36.2 Å². The predicted octanol–water partition coefficient (Wildman–Crippen LogP) is 6.40. The molecule has 2 aromatic rings. The van der Waals surface area contributed by atoms with Gasteiger partial charge in [-0.15, -0.1) is 0 Å². The number of anilines is 1. The van der Waals surface area contributed by atoms with Gasteiger partial charge in [0, 0.05) is 30.6 Å². The Bertz CT molecular complexity index is 1170. The monoisotopic (exact) mass is 575 g/mol. The van der Waals surface area contributed by atoms with Crippen LogP contribution in [0.4, 0.5) is 32.3 Å². The van der Waals surface area contributed by atoms with Gasteiger partial charge in [-0.1, -0.05) is 34.8 Å². The summed E-state index contributed by atoms with van der Waals surface area (Å²) in [7, 11) is 0. The van der Waals surface area contributed by atoms with Crippen molar-refractivity contribution in [3.63, 3.8) is 0 Å². The van der Waals surface area contributed by atoms with E-state index in [9.17, 15) is 36.2 Å². The molecular weight excluding hydrogens is 559 g/mol. The summed E-state index contributed by atoms with van der Waals surface area (Å²) < 4.78 is 84.6. The minimum absolute atomic E-state index is 0.127. The quantitative estimate of drug-likeness (QED) is 0.319. The van der Waals surface area contributed by atoms with Crippen LogP contribution in [-0.4, -0.2) is 39.8 Å². The number of rotatable bonds is 6. The molecule has 14 heteroatoms. The molecule has 1 aromatic carbocycles. The van der Waals surface area contributed by atoms with E-state index >= 15 is 0 Å². The van der Waals surface area contributed by atoms with Crippen LogP contribution < -0.4 is 4.90 Å². The molecule has 0 amide bonds. The van der Waals surface area contributed by atoms with Crippen LogP contribution in [0.5, 0.6) is 0 Å². The Balaban J connectivity index is 1.71. The summed E-state index contributed by atoms with van der Waals surface area (Å²) in [5, 5.41) is 10.1. The summed E-state index contributed by atoms with van der Waals surface area (Å²) in [6, 6.07) is 1.83. The van der Waals surface area contributed by atoms with Crippen LogP contribution in [0.15, 0.2) is 18.3 Å². The number of alkyl halides is 6. The number of Topliss-reactive ketones (excluding diaryl/α,β-unsaturated/α-hetero) is 1. The largest absolute Gasteiger partial charge is 0.433 e.